The van der Waals surface area contributed by atoms with Gasteiger partial charge in [0.25, 0.3) is 5.91 Å². The molecule has 0 spiro atoms. The zero-order chi connectivity index (χ0) is 19.5. The molecule has 1 aliphatic rings. The van der Waals surface area contributed by atoms with Crippen LogP contribution in [0.4, 0.5) is 11.5 Å². The number of rotatable bonds is 5. The molecule has 2 heterocycles. The van der Waals surface area contributed by atoms with Crippen LogP contribution < -0.4 is 4.90 Å². The Bertz CT molecular complexity index is 987. The molecule has 142 valence electrons. The zero-order valence-corrected chi connectivity index (χ0v) is 16.3. The molecule has 2 aromatic carbocycles. The molecule has 0 unspecified atom stereocenters. The van der Waals surface area contributed by atoms with E-state index in [0.29, 0.717) is 24.6 Å². The van der Waals surface area contributed by atoms with Crippen LogP contribution in [0.2, 0.25) is 0 Å². The molecule has 5 nitrogen and oxygen atoms in total. The van der Waals surface area contributed by atoms with Crippen LogP contribution in [0.5, 0.6) is 0 Å². The largest absolute Gasteiger partial charge is 0.333 e. The maximum Gasteiger partial charge on any atom is 0.272 e. The van der Waals surface area contributed by atoms with Crippen LogP contribution in [-0.4, -0.2) is 33.9 Å². The van der Waals surface area contributed by atoms with E-state index in [-0.39, 0.29) is 5.91 Å². The van der Waals surface area contributed by atoms with Gasteiger partial charge in [-0.05, 0) is 37.5 Å². The number of benzene rings is 2. The van der Waals surface area contributed by atoms with Gasteiger partial charge in [0.2, 0.25) is 0 Å². The van der Waals surface area contributed by atoms with E-state index in [2.05, 4.69) is 33.1 Å². The van der Waals surface area contributed by atoms with Crippen LogP contribution in [0.1, 0.15) is 34.4 Å². The summed E-state index contributed by atoms with van der Waals surface area (Å²) in [7, 11) is 0. The van der Waals surface area contributed by atoms with Gasteiger partial charge in [-0.25, -0.2) is 9.97 Å². The number of para-hydroxylation sites is 1. The van der Waals surface area contributed by atoms with Crippen LogP contribution in [0.25, 0.3) is 0 Å². The molecule has 0 saturated carbocycles. The Morgan fingerprint density at radius 1 is 1.07 bits per heavy atom. The van der Waals surface area contributed by atoms with E-state index in [9.17, 15) is 4.79 Å². The highest BCUT2D eigenvalue weighted by molar-refractivity contribution is 5.93. The number of aromatic nitrogens is 2. The zero-order valence-electron chi connectivity index (χ0n) is 16.3. The van der Waals surface area contributed by atoms with Crippen molar-refractivity contribution in [2.45, 2.75) is 26.8 Å². The number of hydrogen-bond donors (Lipinski definition) is 0. The summed E-state index contributed by atoms with van der Waals surface area (Å²) in [5.74, 6) is 1.34. The summed E-state index contributed by atoms with van der Waals surface area (Å²) in [5.41, 5.74) is 4.03. The van der Waals surface area contributed by atoms with Gasteiger partial charge in [-0.3, -0.25) is 4.79 Å². The average molecular weight is 372 g/mol. The third-order valence-electron chi connectivity index (χ3n) is 5.09. The van der Waals surface area contributed by atoms with Crippen LogP contribution in [-0.2, 0) is 13.0 Å². The number of carbonyl (C=O) groups is 1. The summed E-state index contributed by atoms with van der Waals surface area (Å²) < 4.78 is 0. The number of carbonyl (C=O) groups excluding carboxylic acids is 1. The van der Waals surface area contributed by atoms with E-state index >= 15 is 0 Å². The van der Waals surface area contributed by atoms with Crippen LogP contribution in [0, 0.1) is 6.92 Å². The number of anilines is 2. The molecule has 1 aliphatic heterocycles. The SMILES string of the molecule is CCN(Cc1ccccc1)C(=O)c1cc(N2CCc3ccccc32)nc(C)n1. The fraction of sp³-hybridized carbons (Fsp3) is 0.261. The summed E-state index contributed by atoms with van der Waals surface area (Å²) in [6.07, 6.45) is 0.984. The molecule has 1 aromatic heterocycles. The smallest absolute Gasteiger partial charge is 0.272 e. The normalized spacial score (nSPS) is 12.7. The van der Waals surface area contributed by atoms with E-state index in [1.165, 1.54) is 5.56 Å². The predicted molar refractivity (Wildman–Crippen MR) is 111 cm³/mol. The Morgan fingerprint density at radius 2 is 1.82 bits per heavy atom. The maximum absolute atomic E-state index is 13.2. The fourth-order valence-electron chi connectivity index (χ4n) is 3.67. The lowest BCUT2D eigenvalue weighted by Gasteiger charge is -2.23. The standard InChI is InChI=1S/C23H24N4O/c1-3-26(16-18-9-5-4-6-10-18)23(28)20-15-22(25-17(2)24-20)27-14-13-19-11-7-8-12-21(19)27/h4-12,15H,3,13-14,16H2,1-2H3. The van der Waals surface area contributed by atoms with Gasteiger partial charge in [0.05, 0.1) is 0 Å². The van der Waals surface area contributed by atoms with Gasteiger partial charge in [0.1, 0.15) is 17.3 Å². The highest BCUT2D eigenvalue weighted by Gasteiger charge is 2.24. The molecule has 0 saturated heterocycles. The molecule has 1 amide bonds. The van der Waals surface area contributed by atoms with Gasteiger partial charge >= 0.3 is 0 Å². The number of amides is 1. The molecule has 0 aliphatic carbocycles. The first-order valence-electron chi connectivity index (χ1n) is 9.70. The van der Waals surface area contributed by atoms with Crippen molar-refractivity contribution in [2.24, 2.45) is 0 Å². The third-order valence-corrected chi connectivity index (χ3v) is 5.09. The van der Waals surface area contributed by atoms with Gasteiger partial charge < -0.3 is 9.80 Å². The molecule has 0 N–H and O–H groups in total. The highest BCUT2D eigenvalue weighted by atomic mass is 16.2. The molecule has 4 rings (SSSR count). The molecular weight excluding hydrogens is 348 g/mol. The molecule has 5 heteroatoms. The van der Waals surface area contributed by atoms with Crippen LogP contribution in [0.15, 0.2) is 60.7 Å². The predicted octanol–water partition coefficient (Wildman–Crippen LogP) is 4.14. The van der Waals surface area contributed by atoms with Crippen molar-refractivity contribution in [3.63, 3.8) is 0 Å². The second kappa shape index (κ2) is 7.80. The van der Waals surface area contributed by atoms with Crippen molar-refractivity contribution in [1.82, 2.24) is 14.9 Å². The van der Waals surface area contributed by atoms with Crippen LogP contribution >= 0.6 is 0 Å². The minimum atomic E-state index is -0.0643. The Balaban J connectivity index is 1.62. The lowest BCUT2D eigenvalue weighted by Crippen LogP contribution is -2.31. The Kier molecular flexibility index (Phi) is 5.06. The third kappa shape index (κ3) is 3.60. The summed E-state index contributed by atoms with van der Waals surface area (Å²) >= 11 is 0. The number of aryl methyl sites for hydroxylation is 1. The molecule has 0 radical (unpaired) electrons. The van der Waals surface area contributed by atoms with Crippen LogP contribution in [0.3, 0.4) is 0 Å². The number of fused-ring (bicyclic) bond motifs is 1. The first kappa shape index (κ1) is 18.2. The molecule has 0 fully saturated rings. The van der Waals surface area contributed by atoms with E-state index in [0.717, 1.165) is 30.0 Å². The quantitative estimate of drug-likeness (QED) is 0.675. The van der Waals surface area contributed by atoms with Crippen molar-refractivity contribution in [2.75, 3.05) is 18.0 Å². The number of hydrogen-bond acceptors (Lipinski definition) is 4. The van der Waals surface area contributed by atoms with Crippen molar-refractivity contribution in [3.05, 3.63) is 83.3 Å². The van der Waals surface area contributed by atoms with Crippen molar-refractivity contribution >= 4 is 17.4 Å². The summed E-state index contributed by atoms with van der Waals surface area (Å²) in [6, 6.07) is 20.2. The maximum atomic E-state index is 13.2. The topological polar surface area (TPSA) is 49.3 Å². The van der Waals surface area contributed by atoms with Gasteiger partial charge in [-0.2, -0.15) is 0 Å². The van der Waals surface area contributed by atoms with Crippen molar-refractivity contribution in [3.8, 4) is 0 Å². The molecule has 28 heavy (non-hydrogen) atoms. The lowest BCUT2D eigenvalue weighted by atomic mass is 10.2. The average Bonchev–Trinajstić information content (AvgIpc) is 3.16. The minimum Gasteiger partial charge on any atom is -0.333 e. The summed E-state index contributed by atoms with van der Waals surface area (Å²) in [6.45, 7) is 5.90. The lowest BCUT2D eigenvalue weighted by molar-refractivity contribution is 0.0746. The van der Waals surface area contributed by atoms with Crippen molar-refractivity contribution in [1.29, 1.82) is 0 Å². The van der Waals surface area contributed by atoms with Crippen molar-refractivity contribution < 1.29 is 4.79 Å². The van der Waals surface area contributed by atoms with E-state index in [1.807, 2.05) is 61.2 Å². The second-order valence-corrected chi connectivity index (χ2v) is 6.99. The Labute approximate surface area is 165 Å². The second-order valence-electron chi connectivity index (χ2n) is 6.99. The Morgan fingerprint density at radius 3 is 2.61 bits per heavy atom. The molecule has 0 bridgehead atoms. The molecule has 0 atom stereocenters. The molecular formula is C23H24N4O. The highest BCUT2D eigenvalue weighted by Crippen LogP contribution is 2.33. The Hall–Kier alpha value is -3.21. The van der Waals surface area contributed by atoms with Gasteiger partial charge in [0, 0.05) is 31.4 Å². The van der Waals surface area contributed by atoms with Gasteiger partial charge in [-0.15, -0.1) is 0 Å². The van der Waals surface area contributed by atoms with Gasteiger partial charge in [-0.1, -0.05) is 48.5 Å². The summed E-state index contributed by atoms with van der Waals surface area (Å²) in [4.78, 5) is 26.2. The molecule has 3 aromatic rings. The monoisotopic (exact) mass is 372 g/mol. The minimum absolute atomic E-state index is 0.0643. The van der Waals surface area contributed by atoms with E-state index in [4.69, 9.17) is 0 Å². The van der Waals surface area contributed by atoms with Gasteiger partial charge in [0.15, 0.2) is 0 Å². The fourth-order valence-corrected chi connectivity index (χ4v) is 3.67. The summed E-state index contributed by atoms with van der Waals surface area (Å²) in [5, 5.41) is 0. The first-order valence-corrected chi connectivity index (χ1v) is 9.70. The van der Waals surface area contributed by atoms with E-state index in [1.54, 1.807) is 0 Å². The number of nitrogens with zero attached hydrogens (tertiary/aromatic N) is 4. The first-order chi connectivity index (χ1) is 13.7. The van der Waals surface area contributed by atoms with E-state index < -0.39 is 0 Å².